The Kier molecular flexibility index (Phi) is 5.32. The van der Waals surface area contributed by atoms with E-state index < -0.39 is 10.0 Å². The molecule has 1 fully saturated rings. The predicted octanol–water partition coefficient (Wildman–Crippen LogP) is 2.49. The molecule has 1 aromatic rings. The molecule has 0 radical (unpaired) electrons. The molecule has 0 spiro atoms. The topological polar surface area (TPSA) is 63.4 Å². The van der Waals surface area contributed by atoms with Gasteiger partial charge in [0, 0.05) is 13.1 Å². The van der Waals surface area contributed by atoms with Crippen LogP contribution in [0, 0.1) is 12.3 Å². The quantitative estimate of drug-likeness (QED) is 0.915. The molecule has 0 aromatic carbocycles. The van der Waals surface area contributed by atoms with Crippen molar-refractivity contribution >= 4 is 45.4 Å². The lowest BCUT2D eigenvalue weighted by molar-refractivity contribution is 0.350. The molecule has 0 aliphatic carbocycles. The lowest BCUT2D eigenvalue weighted by atomic mass is 9.90. The monoisotopic (exact) mass is 344 g/mol. The van der Waals surface area contributed by atoms with Crippen molar-refractivity contribution in [2.75, 3.05) is 19.6 Å². The number of hydrogen-bond acceptors (Lipinski definition) is 4. The van der Waals surface area contributed by atoms with Gasteiger partial charge in [-0.2, -0.15) is 4.31 Å². The van der Waals surface area contributed by atoms with Gasteiger partial charge >= 0.3 is 0 Å². The van der Waals surface area contributed by atoms with Crippen LogP contribution in [0.4, 0.5) is 0 Å². The first-order valence-electron chi connectivity index (χ1n) is 5.75. The van der Waals surface area contributed by atoms with Crippen molar-refractivity contribution in [1.29, 1.82) is 0 Å². The first-order chi connectivity index (χ1) is 8.28. The van der Waals surface area contributed by atoms with Crippen molar-refractivity contribution in [1.82, 2.24) is 4.31 Å². The van der Waals surface area contributed by atoms with Crippen LogP contribution < -0.4 is 5.73 Å². The lowest BCUT2D eigenvalue weighted by Gasteiger charge is -2.21. The van der Waals surface area contributed by atoms with Crippen LogP contribution in [0.25, 0.3) is 0 Å². The number of nitrogens with zero attached hydrogens (tertiary/aromatic N) is 1. The van der Waals surface area contributed by atoms with Crippen LogP contribution >= 0.6 is 35.3 Å². The summed E-state index contributed by atoms with van der Waals surface area (Å²) in [6, 6.07) is 1.64. The smallest absolute Gasteiger partial charge is 0.252 e. The summed E-state index contributed by atoms with van der Waals surface area (Å²) in [5.74, 6) is 0. The molecular weight excluding hydrogens is 327 g/mol. The third kappa shape index (κ3) is 3.25. The molecule has 0 bridgehead atoms. The molecule has 2 rings (SSSR count). The summed E-state index contributed by atoms with van der Waals surface area (Å²) in [7, 11) is -3.41. The minimum Gasteiger partial charge on any atom is -0.330 e. The number of sulfonamides is 1. The van der Waals surface area contributed by atoms with Crippen LogP contribution in [-0.2, 0) is 10.0 Å². The molecule has 1 atom stereocenters. The Labute approximate surface area is 129 Å². The zero-order chi connectivity index (χ0) is 13.6. The van der Waals surface area contributed by atoms with Crippen molar-refractivity contribution in [3.63, 3.8) is 0 Å². The fraction of sp³-hybridized carbons (Fsp3) is 0.636. The van der Waals surface area contributed by atoms with E-state index in [1.165, 1.54) is 4.31 Å². The highest BCUT2D eigenvalue weighted by molar-refractivity contribution is 7.91. The van der Waals surface area contributed by atoms with Crippen molar-refractivity contribution in [2.24, 2.45) is 11.1 Å². The lowest BCUT2D eigenvalue weighted by Crippen LogP contribution is -2.34. The molecule has 110 valence electrons. The third-order valence-electron chi connectivity index (χ3n) is 3.44. The first-order valence-corrected chi connectivity index (χ1v) is 8.38. The van der Waals surface area contributed by atoms with E-state index in [1.54, 1.807) is 6.07 Å². The summed E-state index contributed by atoms with van der Waals surface area (Å²) < 4.78 is 27.3. The highest BCUT2D eigenvalue weighted by Crippen LogP contribution is 2.36. The zero-order valence-electron chi connectivity index (χ0n) is 10.8. The summed E-state index contributed by atoms with van der Waals surface area (Å²) in [5.41, 5.74) is 6.40. The second kappa shape index (κ2) is 5.87. The van der Waals surface area contributed by atoms with Gasteiger partial charge in [-0.1, -0.05) is 18.5 Å². The van der Waals surface area contributed by atoms with Gasteiger partial charge in [-0.3, -0.25) is 0 Å². The Morgan fingerprint density at radius 3 is 2.63 bits per heavy atom. The number of rotatable bonds is 3. The number of thiophene rings is 1. The number of nitrogens with two attached hydrogens (primary N) is 1. The second-order valence-corrected chi connectivity index (χ2v) is 8.94. The van der Waals surface area contributed by atoms with Crippen molar-refractivity contribution in [3.8, 4) is 0 Å². The highest BCUT2D eigenvalue weighted by atomic mass is 35.5. The highest BCUT2D eigenvalue weighted by Gasteiger charge is 2.39. The number of aryl methyl sites for hydroxylation is 1. The number of halogens is 2. The molecule has 0 saturated carbocycles. The Morgan fingerprint density at radius 1 is 1.58 bits per heavy atom. The second-order valence-electron chi connectivity index (χ2n) is 5.13. The van der Waals surface area contributed by atoms with Crippen LogP contribution in [0.5, 0.6) is 0 Å². The molecule has 19 heavy (non-hydrogen) atoms. The average molecular weight is 345 g/mol. The van der Waals surface area contributed by atoms with Gasteiger partial charge in [0.1, 0.15) is 4.21 Å². The molecule has 2 N–H and O–H groups in total. The molecule has 2 heterocycles. The molecule has 1 aliphatic rings. The Balaban J connectivity index is 0.00000180. The molecule has 1 saturated heterocycles. The van der Waals surface area contributed by atoms with E-state index in [9.17, 15) is 8.42 Å². The maximum atomic E-state index is 12.4. The Morgan fingerprint density at radius 2 is 2.21 bits per heavy atom. The molecule has 4 nitrogen and oxygen atoms in total. The van der Waals surface area contributed by atoms with Crippen molar-refractivity contribution in [3.05, 3.63) is 16.0 Å². The fourth-order valence-electron chi connectivity index (χ4n) is 2.04. The van der Waals surface area contributed by atoms with Gasteiger partial charge in [0.25, 0.3) is 10.0 Å². The molecule has 8 heteroatoms. The largest absolute Gasteiger partial charge is 0.330 e. The minimum absolute atomic E-state index is 0. The standard InChI is InChI=1S/C11H17ClN2O2S2.ClH/c1-8-5-9(17-10(8)12)18(15,16)14-4-3-11(2,6-13)7-14;/h5H,3-4,6-7,13H2,1-2H3;1H. The predicted molar refractivity (Wildman–Crippen MR) is 81.9 cm³/mol. The van der Waals surface area contributed by atoms with Crippen LogP contribution in [0.3, 0.4) is 0 Å². The zero-order valence-corrected chi connectivity index (χ0v) is 14.1. The van der Waals surface area contributed by atoms with Gasteiger partial charge in [-0.25, -0.2) is 8.42 Å². The summed E-state index contributed by atoms with van der Waals surface area (Å²) >= 11 is 7.06. The van der Waals surface area contributed by atoms with E-state index in [-0.39, 0.29) is 17.8 Å². The van der Waals surface area contributed by atoms with E-state index in [2.05, 4.69) is 0 Å². The molecule has 1 aromatic heterocycles. The summed E-state index contributed by atoms with van der Waals surface area (Å²) in [6.45, 7) is 5.36. The summed E-state index contributed by atoms with van der Waals surface area (Å²) in [5, 5.41) is 0. The van der Waals surface area contributed by atoms with E-state index in [4.69, 9.17) is 17.3 Å². The SMILES string of the molecule is Cc1cc(S(=O)(=O)N2CCC(C)(CN)C2)sc1Cl.Cl. The summed E-state index contributed by atoms with van der Waals surface area (Å²) in [6.07, 6.45) is 0.806. The van der Waals surface area contributed by atoms with Crippen LogP contribution in [0.1, 0.15) is 18.9 Å². The maximum absolute atomic E-state index is 12.4. The van der Waals surface area contributed by atoms with E-state index in [0.29, 0.717) is 28.2 Å². The van der Waals surface area contributed by atoms with Gasteiger partial charge < -0.3 is 5.73 Å². The van der Waals surface area contributed by atoms with Gasteiger partial charge in [0.2, 0.25) is 0 Å². The van der Waals surface area contributed by atoms with Gasteiger partial charge in [0.15, 0.2) is 0 Å². The molecule has 1 unspecified atom stereocenters. The third-order valence-corrected chi connectivity index (χ3v) is 7.29. The average Bonchev–Trinajstić information content (AvgIpc) is 2.86. The Bertz CT molecular complexity index is 540. The van der Waals surface area contributed by atoms with Crippen LogP contribution in [0.15, 0.2) is 10.3 Å². The van der Waals surface area contributed by atoms with Gasteiger partial charge in [-0.05, 0) is 36.9 Å². The van der Waals surface area contributed by atoms with E-state index in [1.807, 2.05) is 13.8 Å². The minimum atomic E-state index is -3.41. The van der Waals surface area contributed by atoms with Gasteiger partial charge in [0.05, 0.1) is 4.34 Å². The first kappa shape index (κ1) is 17.2. The van der Waals surface area contributed by atoms with Crippen molar-refractivity contribution in [2.45, 2.75) is 24.5 Å². The van der Waals surface area contributed by atoms with E-state index >= 15 is 0 Å². The van der Waals surface area contributed by atoms with Crippen molar-refractivity contribution < 1.29 is 8.42 Å². The van der Waals surface area contributed by atoms with Crippen LogP contribution in [-0.4, -0.2) is 32.4 Å². The molecule has 0 amide bonds. The fourth-order valence-corrected chi connectivity index (χ4v) is 5.49. The van der Waals surface area contributed by atoms with E-state index in [0.717, 1.165) is 23.3 Å². The number of hydrogen-bond donors (Lipinski definition) is 1. The summed E-state index contributed by atoms with van der Waals surface area (Å²) in [4.78, 5) is 0. The Hall–Kier alpha value is 0.150. The normalized spacial score (nSPS) is 24.4. The molecular formula is C11H18Cl2N2O2S2. The van der Waals surface area contributed by atoms with Gasteiger partial charge in [-0.15, -0.1) is 23.7 Å². The maximum Gasteiger partial charge on any atom is 0.252 e. The molecule has 1 aliphatic heterocycles. The van der Waals surface area contributed by atoms with Crippen LogP contribution in [0.2, 0.25) is 4.34 Å².